The van der Waals surface area contributed by atoms with E-state index >= 15 is 0 Å². The van der Waals surface area contributed by atoms with E-state index in [1.165, 1.54) is 40.7 Å². The van der Waals surface area contributed by atoms with Gasteiger partial charge in [-0.25, -0.2) is 9.50 Å². The Kier molecular flexibility index (Phi) is 5.95. The Hall–Kier alpha value is -2.20. The van der Waals surface area contributed by atoms with Crippen LogP contribution >= 0.6 is 0 Å². The standard InChI is InChI=1S/C23H32N4/c1-7-8-10-24-11-9-20-14-18(5)26-27-22(20)19(6)25-23(27)21-16(3)12-15(2)13-17(21)4/h12-14,24H,7-11H2,1-6H3. The molecule has 0 fully saturated rings. The summed E-state index contributed by atoms with van der Waals surface area (Å²) in [6, 6.07) is 6.67. The summed E-state index contributed by atoms with van der Waals surface area (Å²) in [4.78, 5) is 4.95. The third-order valence-electron chi connectivity index (χ3n) is 5.15. The molecule has 0 aliphatic heterocycles. The molecule has 2 heterocycles. The maximum atomic E-state index is 4.95. The first-order valence-corrected chi connectivity index (χ1v) is 10.1. The van der Waals surface area contributed by atoms with Crippen LogP contribution in [0.5, 0.6) is 0 Å². The lowest BCUT2D eigenvalue weighted by Gasteiger charge is -2.12. The van der Waals surface area contributed by atoms with Crippen LogP contribution in [0.2, 0.25) is 0 Å². The van der Waals surface area contributed by atoms with E-state index in [-0.39, 0.29) is 0 Å². The second kappa shape index (κ2) is 8.22. The third kappa shape index (κ3) is 4.06. The quantitative estimate of drug-likeness (QED) is 0.608. The lowest BCUT2D eigenvalue weighted by atomic mass is 9.99. The predicted molar refractivity (Wildman–Crippen MR) is 114 cm³/mol. The average molecular weight is 365 g/mol. The number of hydrogen-bond acceptors (Lipinski definition) is 3. The van der Waals surface area contributed by atoms with Crippen molar-refractivity contribution >= 4 is 5.52 Å². The van der Waals surface area contributed by atoms with E-state index in [9.17, 15) is 0 Å². The van der Waals surface area contributed by atoms with Crippen LogP contribution in [0.25, 0.3) is 16.9 Å². The van der Waals surface area contributed by atoms with Crippen molar-refractivity contribution in [2.75, 3.05) is 13.1 Å². The highest BCUT2D eigenvalue weighted by atomic mass is 15.3. The normalized spacial score (nSPS) is 11.5. The van der Waals surface area contributed by atoms with Crippen molar-refractivity contribution in [2.45, 2.75) is 60.8 Å². The first kappa shape index (κ1) is 19.6. The molecule has 3 rings (SSSR count). The monoisotopic (exact) mass is 364 g/mol. The molecule has 1 aromatic carbocycles. The number of fused-ring (bicyclic) bond motifs is 1. The summed E-state index contributed by atoms with van der Waals surface area (Å²) in [7, 11) is 0. The molecule has 0 amide bonds. The van der Waals surface area contributed by atoms with E-state index in [1.54, 1.807) is 0 Å². The SMILES string of the molecule is CCCCNCCc1cc(C)nn2c(-c3c(C)cc(C)cc3C)nc(C)c12. The maximum Gasteiger partial charge on any atom is 0.162 e. The van der Waals surface area contributed by atoms with Crippen LogP contribution in [0, 0.1) is 34.6 Å². The Balaban J connectivity index is 2.05. The van der Waals surface area contributed by atoms with Crippen LogP contribution in [0.3, 0.4) is 0 Å². The van der Waals surface area contributed by atoms with E-state index in [0.29, 0.717) is 0 Å². The molecule has 4 heteroatoms. The van der Waals surface area contributed by atoms with Gasteiger partial charge in [0.2, 0.25) is 0 Å². The second-order valence-electron chi connectivity index (χ2n) is 7.72. The van der Waals surface area contributed by atoms with Crippen LogP contribution < -0.4 is 5.32 Å². The molecule has 0 unspecified atom stereocenters. The Bertz CT molecular complexity index is 930. The van der Waals surface area contributed by atoms with Crippen molar-refractivity contribution < 1.29 is 0 Å². The zero-order chi connectivity index (χ0) is 19.6. The van der Waals surface area contributed by atoms with E-state index < -0.39 is 0 Å². The Morgan fingerprint density at radius 1 is 0.963 bits per heavy atom. The van der Waals surface area contributed by atoms with Gasteiger partial charge in [0.15, 0.2) is 5.82 Å². The van der Waals surface area contributed by atoms with Crippen molar-refractivity contribution in [3.63, 3.8) is 0 Å². The molecule has 0 saturated heterocycles. The summed E-state index contributed by atoms with van der Waals surface area (Å²) < 4.78 is 2.07. The number of benzene rings is 1. The first-order valence-electron chi connectivity index (χ1n) is 10.1. The van der Waals surface area contributed by atoms with E-state index in [2.05, 4.69) is 69.6 Å². The van der Waals surface area contributed by atoms with Gasteiger partial charge in [-0.1, -0.05) is 31.0 Å². The summed E-state index contributed by atoms with van der Waals surface area (Å²) in [6.45, 7) is 14.9. The minimum Gasteiger partial charge on any atom is -0.316 e. The molecule has 0 radical (unpaired) electrons. The summed E-state index contributed by atoms with van der Waals surface area (Å²) >= 11 is 0. The number of rotatable bonds is 7. The topological polar surface area (TPSA) is 42.2 Å². The second-order valence-corrected chi connectivity index (χ2v) is 7.72. The molecule has 1 N–H and O–H groups in total. The number of aryl methyl sites for hydroxylation is 5. The Labute approximate surface area is 163 Å². The average Bonchev–Trinajstić information content (AvgIpc) is 2.90. The van der Waals surface area contributed by atoms with Crippen LogP contribution in [0.15, 0.2) is 18.2 Å². The summed E-state index contributed by atoms with van der Waals surface area (Å²) in [5.74, 6) is 0.960. The van der Waals surface area contributed by atoms with Gasteiger partial charge in [-0.15, -0.1) is 0 Å². The molecule has 4 nitrogen and oxygen atoms in total. The van der Waals surface area contributed by atoms with Crippen molar-refractivity contribution in [2.24, 2.45) is 0 Å². The number of nitrogens with zero attached hydrogens (tertiary/aromatic N) is 3. The van der Waals surface area contributed by atoms with Crippen LogP contribution in [-0.2, 0) is 6.42 Å². The van der Waals surface area contributed by atoms with Gasteiger partial charge in [0.25, 0.3) is 0 Å². The molecular weight excluding hydrogens is 332 g/mol. The van der Waals surface area contributed by atoms with Crippen molar-refractivity contribution in [1.82, 2.24) is 19.9 Å². The lowest BCUT2D eigenvalue weighted by Crippen LogP contribution is -2.19. The Morgan fingerprint density at radius 2 is 1.67 bits per heavy atom. The highest BCUT2D eigenvalue weighted by Gasteiger charge is 2.18. The fourth-order valence-electron chi connectivity index (χ4n) is 4.03. The van der Waals surface area contributed by atoms with Crippen molar-refractivity contribution in [3.05, 3.63) is 51.8 Å². The largest absolute Gasteiger partial charge is 0.316 e. The fourth-order valence-corrected chi connectivity index (χ4v) is 4.03. The predicted octanol–water partition coefficient (Wildman–Crippen LogP) is 4.87. The highest BCUT2D eigenvalue weighted by Crippen LogP contribution is 2.30. The highest BCUT2D eigenvalue weighted by molar-refractivity contribution is 5.72. The molecule has 2 aromatic heterocycles. The third-order valence-corrected chi connectivity index (χ3v) is 5.15. The zero-order valence-corrected chi connectivity index (χ0v) is 17.6. The molecule has 0 saturated carbocycles. The zero-order valence-electron chi connectivity index (χ0n) is 17.6. The molecule has 3 aromatic rings. The Morgan fingerprint density at radius 3 is 2.33 bits per heavy atom. The molecule has 0 atom stereocenters. The molecule has 0 spiro atoms. The van der Waals surface area contributed by atoms with Gasteiger partial charge in [-0.05, 0) is 83.3 Å². The van der Waals surface area contributed by atoms with E-state index in [4.69, 9.17) is 10.1 Å². The van der Waals surface area contributed by atoms with Crippen LogP contribution in [-0.4, -0.2) is 27.7 Å². The molecule has 144 valence electrons. The number of nitrogens with one attached hydrogen (secondary N) is 1. The van der Waals surface area contributed by atoms with Crippen molar-refractivity contribution in [3.8, 4) is 11.4 Å². The van der Waals surface area contributed by atoms with Gasteiger partial charge in [0, 0.05) is 5.56 Å². The van der Waals surface area contributed by atoms with E-state index in [1.807, 2.05) is 0 Å². The molecule has 0 aliphatic rings. The fraction of sp³-hybridized carbons (Fsp3) is 0.478. The minimum absolute atomic E-state index is 0.960. The molecule has 0 bridgehead atoms. The molecule has 27 heavy (non-hydrogen) atoms. The maximum absolute atomic E-state index is 4.95. The van der Waals surface area contributed by atoms with Crippen molar-refractivity contribution in [1.29, 1.82) is 0 Å². The van der Waals surface area contributed by atoms with Gasteiger partial charge in [-0.3, -0.25) is 0 Å². The smallest absolute Gasteiger partial charge is 0.162 e. The summed E-state index contributed by atoms with van der Waals surface area (Å²) in [5, 5.41) is 8.38. The lowest BCUT2D eigenvalue weighted by molar-refractivity contribution is 0.639. The molecule has 0 aliphatic carbocycles. The number of unbranched alkanes of at least 4 members (excludes halogenated alkanes) is 1. The van der Waals surface area contributed by atoms with E-state index in [0.717, 1.165) is 42.2 Å². The van der Waals surface area contributed by atoms with Gasteiger partial charge in [-0.2, -0.15) is 5.10 Å². The van der Waals surface area contributed by atoms with Gasteiger partial charge >= 0.3 is 0 Å². The molecular formula is C23H32N4. The van der Waals surface area contributed by atoms with Crippen LogP contribution in [0.1, 0.15) is 53.4 Å². The first-order chi connectivity index (χ1) is 12.9. The van der Waals surface area contributed by atoms with Gasteiger partial charge in [0.05, 0.1) is 16.9 Å². The number of aromatic nitrogens is 3. The number of hydrogen-bond donors (Lipinski definition) is 1. The minimum atomic E-state index is 0.960. The summed E-state index contributed by atoms with van der Waals surface area (Å²) in [6.07, 6.45) is 3.45. The van der Waals surface area contributed by atoms with Gasteiger partial charge in [0.1, 0.15) is 0 Å². The number of imidazole rings is 1. The summed E-state index contributed by atoms with van der Waals surface area (Å²) in [5.41, 5.74) is 9.57. The van der Waals surface area contributed by atoms with Gasteiger partial charge < -0.3 is 5.32 Å². The van der Waals surface area contributed by atoms with Crippen LogP contribution in [0.4, 0.5) is 0 Å².